The summed E-state index contributed by atoms with van der Waals surface area (Å²) in [4.78, 5) is 25.9. The number of benzene rings is 2. The van der Waals surface area contributed by atoms with Crippen LogP contribution in [-0.2, 0) is 11.3 Å². The predicted octanol–water partition coefficient (Wildman–Crippen LogP) is 5.03. The number of carbonyl (C=O) groups is 2. The Morgan fingerprint density at radius 3 is 2.72 bits per heavy atom. The van der Waals surface area contributed by atoms with Crippen molar-refractivity contribution >= 4 is 63.2 Å². The van der Waals surface area contributed by atoms with Crippen LogP contribution in [0, 0.1) is 9.39 Å². The number of amides is 2. The van der Waals surface area contributed by atoms with Crippen molar-refractivity contribution in [2.45, 2.75) is 6.54 Å². The maximum Gasteiger partial charge on any atom is 0.293 e. The predicted molar refractivity (Wildman–Crippen MR) is 104 cm³/mol. The second-order valence-corrected chi connectivity index (χ2v) is 7.74. The smallest absolute Gasteiger partial charge is 0.293 e. The Kier molecular flexibility index (Phi) is 5.35. The summed E-state index contributed by atoms with van der Waals surface area (Å²) >= 11 is 8.72. The average Bonchev–Trinajstić information content (AvgIpc) is 2.81. The first kappa shape index (κ1) is 18.2. The molecular formula is C17H10ClFINO3S. The molecule has 4 nitrogen and oxygen atoms in total. The monoisotopic (exact) mass is 489 g/mol. The van der Waals surface area contributed by atoms with Gasteiger partial charge in [-0.1, -0.05) is 23.7 Å². The molecule has 0 saturated carbocycles. The minimum Gasteiger partial charge on any atom is -0.507 e. The molecule has 0 spiro atoms. The molecule has 3 rings (SSSR count). The molecule has 0 aliphatic carbocycles. The van der Waals surface area contributed by atoms with Gasteiger partial charge in [-0.2, -0.15) is 0 Å². The van der Waals surface area contributed by atoms with Crippen molar-refractivity contribution in [3.63, 3.8) is 0 Å². The van der Waals surface area contributed by atoms with Gasteiger partial charge in [-0.15, -0.1) is 0 Å². The van der Waals surface area contributed by atoms with Crippen LogP contribution in [0.5, 0.6) is 5.75 Å². The second kappa shape index (κ2) is 7.35. The highest BCUT2D eigenvalue weighted by molar-refractivity contribution is 14.1. The second-order valence-electron chi connectivity index (χ2n) is 5.18. The number of hydrogen-bond donors (Lipinski definition) is 1. The Labute approximate surface area is 165 Å². The molecule has 1 saturated heterocycles. The number of phenols is 1. The third-order valence-electron chi connectivity index (χ3n) is 3.52. The number of aromatic hydroxyl groups is 1. The molecule has 0 radical (unpaired) electrons. The van der Waals surface area contributed by atoms with Gasteiger partial charge in [0.25, 0.3) is 11.1 Å². The standard InChI is InChI=1S/C17H10ClFINO3S/c18-11-2-1-3-12(19)10(11)8-21-16(23)15(25-17(21)24)7-9-4-5-14(22)13(20)6-9/h1-7,22H,8H2/b15-7-. The molecular weight excluding hydrogens is 480 g/mol. The highest BCUT2D eigenvalue weighted by atomic mass is 127. The molecule has 128 valence electrons. The van der Waals surface area contributed by atoms with E-state index in [2.05, 4.69) is 0 Å². The normalized spacial score (nSPS) is 16.1. The van der Waals surface area contributed by atoms with Crippen molar-refractivity contribution in [3.05, 3.63) is 66.8 Å². The molecule has 1 N–H and O–H groups in total. The van der Waals surface area contributed by atoms with Crippen molar-refractivity contribution in [1.82, 2.24) is 4.90 Å². The maximum atomic E-state index is 13.9. The lowest BCUT2D eigenvalue weighted by Gasteiger charge is -2.14. The summed E-state index contributed by atoms with van der Waals surface area (Å²) in [7, 11) is 0. The molecule has 0 atom stereocenters. The van der Waals surface area contributed by atoms with Gasteiger partial charge in [-0.05, 0) is 70.3 Å². The third-order valence-corrected chi connectivity index (χ3v) is 5.65. The van der Waals surface area contributed by atoms with E-state index in [1.165, 1.54) is 24.3 Å². The number of nitrogens with zero attached hydrogens (tertiary/aromatic N) is 1. The van der Waals surface area contributed by atoms with Gasteiger partial charge in [0.1, 0.15) is 11.6 Å². The molecule has 2 aromatic rings. The molecule has 1 heterocycles. The summed E-state index contributed by atoms with van der Waals surface area (Å²) in [5, 5.41) is 9.23. The lowest BCUT2D eigenvalue weighted by Crippen LogP contribution is -2.28. The Morgan fingerprint density at radius 2 is 2.04 bits per heavy atom. The van der Waals surface area contributed by atoms with Gasteiger partial charge < -0.3 is 5.11 Å². The fraction of sp³-hybridized carbons (Fsp3) is 0.0588. The lowest BCUT2D eigenvalue weighted by atomic mass is 10.2. The largest absolute Gasteiger partial charge is 0.507 e. The van der Waals surface area contributed by atoms with E-state index in [-0.39, 0.29) is 27.8 Å². The molecule has 1 aliphatic heterocycles. The SMILES string of the molecule is O=C1S/C(=C\c2ccc(O)c(I)c2)C(=O)N1Cc1c(F)cccc1Cl. The average molecular weight is 490 g/mol. The minimum absolute atomic E-state index is 0.104. The van der Waals surface area contributed by atoms with E-state index < -0.39 is 17.0 Å². The van der Waals surface area contributed by atoms with Crippen LogP contribution in [0.2, 0.25) is 5.02 Å². The van der Waals surface area contributed by atoms with Crippen LogP contribution in [0.1, 0.15) is 11.1 Å². The van der Waals surface area contributed by atoms with Crippen LogP contribution in [0.4, 0.5) is 9.18 Å². The topological polar surface area (TPSA) is 57.6 Å². The Morgan fingerprint density at radius 1 is 1.28 bits per heavy atom. The maximum absolute atomic E-state index is 13.9. The highest BCUT2D eigenvalue weighted by Crippen LogP contribution is 2.35. The van der Waals surface area contributed by atoms with Crippen molar-refractivity contribution in [2.75, 3.05) is 0 Å². The zero-order valence-corrected chi connectivity index (χ0v) is 16.2. The zero-order chi connectivity index (χ0) is 18.1. The van der Waals surface area contributed by atoms with Gasteiger partial charge >= 0.3 is 0 Å². The molecule has 0 unspecified atom stereocenters. The highest BCUT2D eigenvalue weighted by Gasteiger charge is 2.35. The number of hydrogen-bond acceptors (Lipinski definition) is 4. The lowest BCUT2D eigenvalue weighted by molar-refractivity contribution is -0.123. The van der Waals surface area contributed by atoms with Crippen LogP contribution in [-0.4, -0.2) is 21.2 Å². The van der Waals surface area contributed by atoms with E-state index >= 15 is 0 Å². The number of imide groups is 1. The molecule has 0 aromatic heterocycles. The van der Waals surface area contributed by atoms with Gasteiger partial charge in [0.15, 0.2) is 0 Å². The van der Waals surface area contributed by atoms with E-state index in [4.69, 9.17) is 11.6 Å². The van der Waals surface area contributed by atoms with Gasteiger partial charge in [0.05, 0.1) is 15.0 Å². The van der Waals surface area contributed by atoms with E-state index in [9.17, 15) is 19.1 Å². The van der Waals surface area contributed by atoms with Crippen LogP contribution < -0.4 is 0 Å². The van der Waals surface area contributed by atoms with Gasteiger partial charge in [-0.3, -0.25) is 14.5 Å². The quantitative estimate of drug-likeness (QED) is 0.486. The first-order valence-corrected chi connectivity index (χ1v) is 9.31. The first-order valence-electron chi connectivity index (χ1n) is 7.03. The zero-order valence-electron chi connectivity index (χ0n) is 12.5. The van der Waals surface area contributed by atoms with Crippen molar-refractivity contribution in [2.24, 2.45) is 0 Å². The van der Waals surface area contributed by atoms with Crippen molar-refractivity contribution < 1.29 is 19.1 Å². The van der Waals surface area contributed by atoms with E-state index in [0.29, 0.717) is 9.13 Å². The Bertz CT molecular complexity index is 899. The fourth-order valence-electron chi connectivity index (χ4n) is 2.24. The fourth-order valence-corrected chi connectivity index (χ4v) is 3.84. The summed E-state index contributed by atoms with van der Waals surface area (Å²) in [5.74, 6) is -0.930. The van der Waals surface area contributed by atoms with Gasteiger partial charge in [0.2, 0.25) is 0 Å². The molecule has 25 heavy (non-hydrogen) atoms. The number of rotatable bonds is 3. The molecule has 1 fully saturated rings. The molecule has 2 amide bonds. The van der Waals surface area contributed by atoms with E-state index in [1.807, 2.05) is 22.6 Å². The summed E-state index contributed by atoms with van der Waals surface area (Å²) in [6.45, 7) is -0.222. The van der Waals surface area contributed by atoms with E-state index in [0.717, 1.165) is 16.7 Å². The first-order chi connectivity index (χ1) is 11.9. The number of carbonyl (C=O) groups excluding carboxylic acids is 2. The Hall–Kier alpha value is -1.58. The Balaban J connectivity index is 1.87. The van der Waals surface area contributed by atoms with Crippen LogP contribution in [0.3, 0.4) is 0 Å². The molecule has 0 bridgehead atoms. The minimum atomic E-state index is -0.566. The van der Waals surface area contributed by atoms with Crippen LogP contribution in [0.15, 0.2) is 41.3 Å². The number of phenolic OH excluding ortho intramolecular Hbond substituents is 1. The van der Waals surface area contributed by atoms with Gasteiger partial charge in [-0.25, -0.2) is 4.39 Å². The number of thioether (sulfide) groups is 1. The number of halogens is 3. The van der Waals surface area contributed by atoms with Gasteiger partial charge in [0, 0.05) is 10.6 Å². The van der Waals surface area contributed by atoms with E-state index in [1.54, 1.807) is 18.2 Å². The summed E-state index contributed by atoms with van der Waals surface area (Å²) in [6.07, 6.45) is 1.56. The third kappa shape index (κ3) is 3.83. The summed E-state index contributed by atoms with van der Waals surface area (Å²) in [5.41, 5.74) is 0.781. The molecule has 2 aromatic carbocycles. The summed E-state index contributed by atoms with van der Waals surface area (Å²) in [6, 6.07) is 9.04. The summed E-state index contributed by atoms with van der Waals surface area (Å²) < 4.78 is 14.5. The van der Waals surface area contributed by atoms with Crippen LogP contribution in [0.25, 0.3) is 6.08 Å². The van der Waals surface area contributed by atoms with Crippen molar-refractivity contribution in [1.29, 1.82) is 0 Å². The molecule has 8 heteroatoms. The van der Waals surface area contributed by atoms with Crippen molar-refractivity contribution in [3.8, 4) is 5.75 Å². The van der Waals surface area contributed by atoms with Crippen LogP contribution >= 0.6 is 46.0 Å². The molecule has 1 aliphatic rings.